The quantitative estimate of drug-likeness (QED) is 0.335. The van der Waals surface area contributed by atoms with Crippen molar-refractivity contribution < 1.29 is 23.8 Å². The van der Waals surface area contributed by atoms with Crippen LogP contribution in [-0.2, 0) is 15.6 Å². The molecule has 1 atom stereocenters. The SMILES string of the molecule is Nc1nc2c(ncn2CCCCCCO[P+]([O-])=CP(=O)(O)O)c(=O)[nH]1. The summed E-state index contributed by atoms with van der Waals surface area (Å²) in [4.78, 5) is 50.6. The van der Waals surface area contributed by atoms with Gasteiger partial charge in [-0.25, -0.2) is 4.98 Å². The molecule has 0 bridgehead atoms. The molecular weight excluding hydrogens is 372 g/mol. The van der Waals surface area contributed by atoms with Gasteiger partial charge in [0, 0.05) is 6.54 Å². The average Bonchev–Trinajstić information content (AvgIpc) is 2.87. The highest BCUT2D eigenvalue weighted by Crippen LogP contribution is 2.35. The summed E-state index contributed by atoms with van der Waals surface area (Å²) in [5.41, 5.74) is 6.24. The number of anilines is 1. The Morgan fingerprint density at radius 1 is 1.40 bits per heavy atom. The number of H-pyrrole nitrogens is 1. The van der Waals surface area contributed by atoms with Crippen LogP contribution in [0.5, 0.6) is 0 Å². The van der Waals surface area contributed by atoms with Crippen molar-refractivity contribution in [2.45, 2.75) is 32.2 Å². The van der Waals surface area contributed by atoms with E-state index >= 15 is 0 Å². The van der Waals surface area contributed by atoms with Gasteiger partial charge in [-0.15, -0.1) is 0 Å². The van der Waals surface area contributed by atoms with Gasteiger partial charge in [0.15, 0.2) is 11.2 Å². The zero-order chi connectivity index (χ0) is 18.4. The number of rotatable bonds is 9. The standard InChI is InChI=1S/C12H19N5O6P2/c13-12-15-10-9(11(18)16-12)14-7-17(10)5-3-1-2-4-6-23-24(19)8-25(20,21)22/h7-8H,1-6H2,(H2,20,21,22)(H3,13,15,16,18). The molecule has 5 N–H and O–H groups in total. The highest BCUT2D eigenvalue weighted by atomic mass is 31.2. The van der Waals surface area contributed by atoms with Crippen LogP contribution in [0.2, 0.25) is 0 Å². The molecule has 2 aromatic rings. The Morgan fingerprint density at radius 3 is 2.84 bits per heavy atom. The van der Waals surface area contributed by atoms with E-state index in [0.717, 1.165) is 19.3 Å². The Bertz CT molecular complexity index is 857. The van der Waals surface area contributed by atoms with Crippen LogP contribution < -0.4 is 16.2 Å². The molecule has 0 aromatic carbocycles. The number of nitrogens with two attached hydrogens (primary N) is 1. The topological polar surface area (TPSA) is 179 Å². The molecule has 1 unspecified atom stereocenters. The van der Waals surface area contributed by atoms with Gasteiger partial charge in [0.1, 0.15) is 0 Å². The Hall–Kier alpha value is -1.61. The molecule has 0 aliphatic rings. The van der Waals surface area contributed by atoms with E-state index in [2.05, 4.69) is 15.0 Å². The predicted molar refractivity (Wildman–Crippen MR) is 92.0 cm³/mol. The molecule has 0 aliphatic heterocycles. The first kappa shape index (κ1) is 19.7. The number of hydrogen-bond donors (Lipinski definition) is 4. The van der Waals surface area contributed by atoms with Crippen molar-refractivity contribution in [2.75, 3.05) is 12.3 Å². The molecule has 11 nitrogen and oxygen atoms in total. The number of nitrogens with zero attached hydrogens (tertiary/aromatic N) is 3. The van der Waals surface area contributed by atoms with Crippen molar-refractivity contribution in [1.29, 1.82) is 0 Å². The maximum absolute atomic E-state index is 11.7. The maximum Gasteiger partial charge on any atom is 0.393 e. The lowest BCUT2D eigenvalue weighted by atomic mass is 10.2. The molecular formula is C12H19N5O6P2. The van der Waals surface area contributed by atoms with Gasteiger partial charge in [-0.05, 0) is 12.8 Å². The zero-order valence-corrected chi connectivity index (χ0v) is 15.0. The Morgan fingerprint density at radius 2 is 2.12 bits per heavy atom. The van der Waals surface area contributed by atoms with Crippen LogP contribution in [0.15, 0.2) is 11.1 Å². The number of unbranched alkanes of at least 4 members (excludes halogenated alkanes) is 3. The highest BCUT2D eigenvalue weighted by molar-refractivity contribution is 7.79. The Labute approximate surface area is 143 Å². The minimum atomic E-state index is -4.43. The van der Waals surface area contributed by atoms with Crippen LogP contribution in [0, 0.1) is 0 Å². The van der Waals surface area contributed by atoms with Crippen molar-refractivity contribution in [1.82, 2.24) is 19.5 Å². The maximum atomic E-state index is 11.7. The van der Waals surface area contributed by atoms with E-state index in [0.29, 0.717) is 24.2 Å². The number of nitrogens with one attached hydrogen (secondary N) is 1. The molecule has 13 heteroatoms. The van der Waals surface area contributed by atoms with Gasteiger partial charge in [0.05, 0.1) is 12.9 Å². The monoisotopic (exact) mass is 391 g/mol. The number of aromatic nitrogens is 4. The molecule has 0 radical (unpaired) electrons. The number of hydrogen-bond acceptors (Lipinski definition) is 7. The fourth-order valence-corrected chi connectivity index (χ4v) is 3.74. The molecule has 138 valence electrons. The van der Waals surface area contributed by atoms with Crippen LogP contribution >= 0.6 is 15.6 Å². The van der Waals surface area contributed by atoms with Gasteiger partial charge < -0.3 is 25.0 Å². The number of aromatic amines is 1. The molecule has 2 rings (SSSR count). The third kappa shape index (κ3) is 6.32. The molecule has 2 aromatic heterocycles. The summed E-state index contributed by atoms with van der Waals surface area (Å²) in [7, 11) is -6.88. The zero-order valence-electron chi connectivity index (χ0n) is 13.2. The Balaban J connectivity index is 1.71. The lowest BCUT2D eigenvalue weighted by Crippen LogP contribution is -2.12. The van der Waals surface area contributed by atoms with Crippen LogP contribution in [0.25, 0.3) is 11.2 Å². The Kier molecular flexibility index (Phi) is 6.83. The molecule has 0 fully saturated rings. The number of nitrogen functional groups attached to an aromatic ring is 1. The van der Waals surface area contributed by atoms with Crippen molar-refractivity contribution in [2.24, 2.45) is 0 Å². The summed E-state index contributed by atoms with van der Waals surface area (Å²) in [6.45, 7) is 0.778. The van der Waals surface area contributed by atoms with Gasteiger partial charge in [-0.2, -0.15) is 9.51 Å². The first-order valence-corrected chi connectivity index (χ1v) is 10.4. The molecule has 25 heavy (non-hydrogen) atoms. The number of fused-ring (bicyclic) bond motifs is 1. The predicted octanol–water partition coefficient (Wildman–Crippen LogP) is -0.112. The third-order valence-corrected chi connectivity index (χ3v) is 5.64. The first-order chi connectivity index (χ1) is 11.8. The molecule has 0 saturated heterocycles. The second-order valence-corrected chi connectivity index (χ2v) is 8.23. The van der Waals surface area contributed by atoms with Gasteiger partial charge in [-0.3, -0.25) is 14.3 Å². The summed E-state index contributed by atoms with van der Waals surface area (Å²) in [5.74, 6) is 0.0395. The van der Waals surface area contributed by atoms with E-state index in [1.54, 1.807) is 4.57 Å². The smallest absolute Gasteiger partial charge is 0.393 e. The lowest BCUT2D eigenvalue weighted by molar-refractivity contribution is -0.172. The van der Waals surface area contributed by atoms with E-state index in [4.69, 9.17) is 20.0 Å². The normalized spacial score (nSPS) is 12.8. The average molecular weight is 391 g/mol. The second kappa shape index (κ2) is 8.66. The molecule has 0 aliphatic carbocycles. The van der Waals surface area contributed by atoms with E-state index in [-0.39, 0.29) is 23.6 Å². The highest BCUT2D eigenvalue weighted by Gasteiger charge is 2.15. The van der Waals surface area contributed by atoms with E-state index < -0.39 is 15.6 Å². The lowest BCUT2D eigenvalue weighted by Gasteiger charge is -2.04. The van der Waals surface area contributed by atoms with Gasteiger partial charge in [0.25, 0.3) is 5.56 Å². The fourth-order valence-electron chi connectivity index (χ4n) is 2.18. The van der Waals surface area contributed by atoms with Gasteiger partial charge >= 0.3 is 7.60 Å². The van der Waals surface area contributed by atoms with E-state index in [1.807, 2.05) is 0 Å². The van der Waals surface area contributed by atoms with Crippen LogP contribution in [0.3, 0.4) is 0 Å². The van der Waals surface area contributed by atoms with Gasteiger partial charge in [-0.1, -0.05) is 12.8 Å². The fraction of sp³-hybridized carbons (Fsp3) is 0.500. The minimum Gasteiger partial charge on any atom is -0.603 e. The largest absolute Gasteiger partial charge is 0.603 e. The van der Waals surface area contributed by atoms with Crippen LogP contribution in [-0.4, -0.2) is 41.5 Å². The first-order valence-electron chi connectivity index (χ1n) is 7.47. The van der Waals surface area contributed by atoms with Crippen molar-refractivity contribution in [3.63, 3.8) is 0 Å². The van der Waals surface area contributed by atoms with Crippen LogP contribution in [0.4, 0.5) is 5.95 Å². The molecule has 0 amide bonds. The summed E-state index contributed by atoms with van der Waals surface area (Å²) in [5, 5.41) is 0. The third-order valence-electron chi connectivity index (χ3n) is 3.25. The summed E-state index contributed by atoms with van der Waals surface area (Å²) in [6, 6.07) is 0. The summed E-state index contributed by atoms with van der Waals surface area (Å²) in [6.07, 6.45) is 4.60. The minimum absolute atomic E-state index is 0.0395. The van der Waals surface area contributed by atoms with Crippen molar-refractivity contribution in [3.05, 3.63) is 16.7 Å². The van der Waals surface area contributed by atoms with Gasteiger partial charge in [0.2, 0.25) is 19.5 Å². The van der Waals surface area contributed by atoms with E-state index in [1.165, 1.54) is 6.33 Å². The molecule has 2 heterocycles. The second-order valence-electron chi connectivity index (χ2n) is 5.30. The van der Waals surface area contributed by atoms with Crippen molar-refractivity contribution >= 4 is 38.2 Å². The van der Waals surface area contributed by atoms with E-state index in [9.17, 15) is 14.3 Å². The number of imidazole rings is 1. The number of aryl methyl sites for hydroxylation is 1. The summed E-state index contributed by atoms with van der Waals surface area (Å²) >= 11 is 0. The van der Waals surface area contributed by atoms with Crippen molar-refractivity contribution in [3.8, 4) is 0 Å². The summed E-state index contributed by atoms with van der Waals surface area (Å²) < 4.78 is 17.2. The van der Waals surface area contributed by atoms with Crippen LogP contribution in [0.1, 0.15) is 25.7 Å². The molecule has 0 spiro atoms. The molecule has 0 saturated carbocycles.